The number of nitrogens with two attached hydrogens (primary N) is 1. The smallest absolute Gasteiger partial charge is 0.171 e. The van der Waals surface area contributed by atoms with Crippen LogP contribution in [0.5, 0.6) is 0 Å². The Labute approximate surface area is 84.4 Å². The number of carbonyl (C=O) groups is 1. The maximum absolute atomic E-state index is 10.5. The molecule has 70 valence electrons. The van der Waals surface area contributed by atoms with Crippen molar-refractivity contribution in [2.24, 2.45) is 0 Å². The van der Waals surface area contributed by atoms with Crippen molar-refractivity contribution in [2.75, 3.05) is 5.73 Å². The standard InChI is InChI=1S/C9H7N3OS/c10-8-1-2-11-9(12-8)7-3-6(4-13)5-14-7/h1-5H,(H2,10,11,12). The number of hydrogen-bond donors (Lipinski definition) is 1. The molecular formula is C9H7N3OS. The largest absolute Gasteiger partial charge is 0.384 e. The molecule has 0 radical (unpaired) electrons. The van der Waals surface area contributed by atoms with E-state index in [9.17, 15) is 4.79 Å². The van der Waals surface area contributed by atoms with Gasteiger partial charge in [0.1, 0.15) is 5.82 Å². The van der Waals surface area contributed by atoms with Crippen LogP contribution < -0.4 is 5.73 Å². The lowest BCUT2D eigenvalue weighted by molar-refractivity contribution is 0.112. The fourth-order valence-electron chi connectivity index (χ4n) is 1.02. The molecule has 0 aromatic carbocycles. The van der Waals surface area contributed by atoms with Gasteiger partial charge in [-0.05, 0) is 12.1 Å². The van der Waals surface area contributed by atoms with E-state index in [1.54, 1.807) is 23.7 Å². The summed E-state index contributed by atoms with van der Waals surface area (Å²) in [6.07, 6.45) is 2.39. The first-order chi connectivity index (χ1) is 6.79. The van der Waals surface area contributed by atoms with Gasteiger partial charge in [0.2, 0.25) is 0 Å². The van der Waals surface area contributed by atoms with E-state index in [4.69, 9.17) is 5.73 Å². The maximum Gasteiger partial charge on any atom is 0.171 e. The van der Waals surface area contributed by atoms with Crippen molar-refractivity contribution in [1.82, 2.24) is 9.97 Å². The molecule has 0 fully saturated rings. The molecule has 0 unspecified atom stereocenters. The van der Waals surface area contributed by atoms with Crippen molar-refractivity contribution in [1.29, 1.82) is 0 Å². The number of aldehydes is 1. The Hall–Kier alpha value is -1.75. The monoisotopic (exact) mass is 205 g/mol. The highest BCUT2D eigenvalue weighted by Gasteiger charge is 2.04. The lowest BCUT2D eigenvalue weighted by Crippen LogP contribution is -1.92. The van der Waals surface area contributed by atoms with E-state index in [1.807, 2.05) is 0 Å². The topological polar surface area (TPSA) is 68.9 Å². The Morgan fingerprint density at radius 3 is 3.00 bits per heavy atom. The van der Waals surface area contributed by atoms with Gasteiger partial charge in [-0.2, -0.15) is 0 Å². The molecule has 0 spiro atoms. The average Bonchev–Trinajstić information content (AvgIpc) is 2.66. The van der Waals surface area contributed by atoms with Crippen LogP contribution in [0.1, 0.15) is 10.4 Å². The van der Waals surface area contributed by atoms with E-state index in [2.05, 4.69) is 9.97 Å². The van der Waals surface area contributed by atoms with Crippen LogP contribution in [0.3, 0.4) is 0 Å². The Bertz CT molecular complexity index is 467. The van der Waals surface area contributed by atoms with Gasteiger partial charge in [-0.1, -0.05) is 0 Å². The van der Waals surface area contributed by atoms with Gasteiger partial charge in [-0.3, -0.25) is 4.79 Å². The van der Waals surface area contributed by atoms with Gasteiger partial charge in [0, 0.05) is 17.1 Å². The molecule has 4 nitrogen and oxygen atoms in total. The Balaban J connectivity index is 2.43. The molecule has 2 N–H and O–H groups in total. The second-order valence-electron chi connectivity index (χ2n) is 2.67. The summed E-state index contributed by atoms with van der Waals surface area (Å²) in [5.74, 6) is 0.985. The maximum atomic E-state index is 10.5. The minimum atomic E-state index is 0.427. The number of aromatic nitrogens is 2. The molecule has 0 saturated heterocycles. The van der Waals surface area contributed by atoms with Crippen LogP contribution >= 0.6 is 11.3 Å². The highest BCUT2D eigenvalue weighted by atomic mass is 32.1. The molecule has 14 heavy (non-hydrogen) atoms. The second kappa shape index (κ2) is 3.55. The molecule has 2 heterocycles. The average molecular weight is 205 g/mol. The number of rotatable bonds is 2. The summed E-state index contributed by atoms with van der Waals surface area (Å²) in [5, 5.41) is 1.76. The van der Waals surface area contributed by atoms with Gasteiger partial charge in [-0.25, -0.2) is 9.97 Å². The summed E-state index contributed by atoms with van der Waals surface area (Å²) < 4.78 is 0. The van der Waals surface area contributed by atoms with E-state index in [0.29, 0.717) is 17.2 Å². The van der Waals surface area contributed by atoms with Crippen LogP contribution in [0.25, 0.3) is 10.7 Å². The predicted molar refractivity (Wildman–Crippen MR) is 55.1 cm³/mol. The van der Waals surface area contributed by atoms with Gasteiger partial charge in [0.15, 0.2) is 12.1 Å². The molecule has 2 aromatic heterocycles. The quantitative estimate of drug-likeness (QED) is 0.756. The number of nitrogen functional groups attached to an aromatic ring is 1. The van der Waals surface area contributed by atoms with Crippen molar-refractivity contribution in [3.05, 3.63) is 29.3 Å². The lowest BCUT2D eigenvalue weighted by atomic mass is 10.3. The van der Waals surface area contributed by atoms with Gasteiger partial charge in [-0.15, -0.1) is 11.3 Å². The van der Waals surface area contributed by atoms with E-state index in [-0.39, 0.29) is 0 Å². The summed E-state index contributed by atoms with van der Waals surface area (Å²) in [7, 11) is 0. The Morgan fingerprint density at radius 1 is 1.50 bits per heavy atom. The van der Waals surface area contributed by atoms with Crippen molar-refractivity contribution in [2.45, 2.75) is 0 Å². The molecule has 5 heteroatoms. The SMILES string of the molecule is Nc1ccnc(-c2cc(C=O)cs2)n1. The normalized spacial score (nSPS) is 10.0. The summed E-state index contributed by atoms with van der Waals surface area (Å²) in [4.78, 5) is 19.4. The van der Waals surface area contributed by atoms with Crippen LogP contribution in [-0.2, 0) is 0 Å². The van der Waals surface area contributed by atoms with Crippen LogP contribution in [0.4, 0.5) is 5.82 Å². The van der Waals surface area contributed by atoms with Crippen molar-refractivity contribution in [3.63, 3.8) is 0 Å². The minimum absolute atomic E-state index is 0.427. The number of nitrogens with zero attached hydrogens (tertiary/aromatic N) is 2. The predicted octanol–water partition coefficient (Wildman–Crippen LogP) is 1.60. The molecule has 0 amide bonds. The van der Waals surface area contributed by atoms with Crippen LogP contribution in [-0.4, -0.2) is 16.3 Å². The second-order valence-corrected chi connectivity index (χ2v) is 3.58. The highest BCUT2D eigenvalue weighted by Crippen LogP contribution is 2.23. The zero-order chi connectivity index (χ0) is 9.97. The van der Waals surface area contributed by atoms with E-state index in [0.717, 1.165) is 11.2 Å². The van der Waals surface area contributed by atoms with Crippen LogP contribution in [0, 0.1) is 0 Å². The van der Waals surface area contributed by atoms with Gasteiger partial charge in [0.05, 0.1) is 4.88 Å². The van der Waals surface area contributed by atoms with Gasteiger partial charge >= 0.3 is 0 Å². The number of carbonyl (C=O) groups excluding carboxylic acids is 1. The van der Waals surface area contributed by atoms with Gasteiger partial charge < -0.3 is 5.73 Å². The van der Waals surface area contributed by atoms with E-state index < -0.39 is 0 Å². The zero-order valence-electron chi connectivity index (χ0n) is 7.18. The molecule has 0 aliphatic rings. The fourth-order valence-corrected chi connectivity index (χ4v) is 1.82. The molecule has 2 aromatic rings. The van der Waals surface area contributed by atoms with Crippen LogP contribution in [0.2, 0.25) is 0 Å². The third-order valence-electron chi connectivity index (χ3n) is 1.65. The minimum Gasteiger partial charge on any atom is -0.384 e. The van der Waals surface area contributed by atoms with Crippen molar-refractivity contribution in [3.8, 4) is 10.7 Å². The van der Waals surface area contributed by atoms with Gasteiger partial charge in [0.25, 0.3) is 0 Å². The summed E-state index contributed by atoms with van der Waals surface area (Å²) in [6.45, 7) is 0. The molecule has 0 bridgehead atoms. The molecule has 0 aliphatic heterocycles. The van der Waals surface area contributed by atoms with E-state index in [1.165, 1.54) is 11.3 Å². The molecule has 2 rings (SSSR count). The summed E-state index contributed by atoms with van der Waals surface area (Å²) >= 11 is 1.42. The van der Waals surface area contributed by atoms with Crippen LogP contribution in [0.15, 0.2) is 23.7 Å². The first-order valence-electron chi connectivity index (χ1n) is 3.92. The number of anilines is 1. The van der Waals surface area contributed by atoms with E-state index >= 15 is 0 Å². The molecule has 0 aliphatic carbocycles. The molecule has 0 atom stereocenters. The van der Waals surface area contributed by atoms with Crippen molar-refractivity contribution >= 4 is 23.4 Å². The lowest BCUT2D eigenvalue weighted by Gasteiger charge is -1.95. The first kappa shape index (κ1) is 8.83. The zero-order valence-corrected chi connectivity index (χ0v) is 7.99. The summed E-state index contributed by atoms with van der Waals surface area (Å²) in [5.41, 5.74) is 6.15. The first-order valence-corrected chi connectivity index (χ1v) is 4.80. The molecule has 0 saturated carbocycles. The van der Waals surface area contributed by atoms with Crippen molar-refractivity contribution < 1.29 is 4.79 Å². The molecular weight excluding hydrogens is 198 g/mol. The third-order valence-corrected chi connectivity index (χ3v) is 2.60. The third kappa shape index (κ3) is 1.62. The fraction of sp³-hybridized carbons (Fsp3) is 0. The number of thiophene rings is 1. The summed E-state index contributed by atoms with van der Waals surface area (Å²) in [6, 6.07) is 3.37. The number of hydrogen-bond acceptors (Lipinski definition) is 5. The Morgan fingerprint density at radius 2 is 2.36 bits per heavy atom. The highest BCUT2D eigenvalue weighted by molar-refractivity contribution is 7.13. The Kier molecular flexibility index (Phi) is 2.24.